The maximum absolute atomic E-state index is 11.5. The van der Waals surface area contributed by atoms with Crippen molar-refractivity contribution in [3.05, 3.63) is 28.7 Å². The first kappa shape index (κ1) is 19.4. The van der Waals surface area contributed by atoms with E-state index in [0.717, 1.165) is 53.6 Å². The quantitative estimate of drug-likeness (QED) is 0.684. The van der Waals surface area contributed by atoms with E-state index in [0.29, 0.717) is 12.1 Å². The lowest BCUT2D eigenvalue weighted by molar-refractivity contribution is -0.124. The van der Waals surface area contributed by atoms with Crippen molar-refractivity contribution in [3.8, 4) is 0 Å². The molecule has 3 aromatic rings. The molecule has 0 aromatic carbocycles. The summed E-state index contributed by atoms with van der Waals surface area (Å²) in [4.78, 5) is 29.3. The van der Waals surface area contributed by atoms with Gasteiger partial charge < -0.3 is 4.98 Å². The van der Waals surface area contributed by atoms with Gasteiger partial charge in [-0.25, -0.2) is 24.6 Å². The number of H-pyrrole nitrogens is 1. The smallest absolute Gasteiger partial charge is 0.231 e. The fourth-order valence-corrected chi connectivity index (χ4v) is 3.55. The Kier molecular flexibility index (Phi) is 4.81. The van der Waals surface area contributed by atoms with Gasteiger partial charge in [0.2, 0.25) is 5.91 Å². The van der Waals surface area contributed by atoms with Gasteiger partial charge in [-0.3, -0.25) is 10.2 Å². The van der Waals surface area contributed by atoms with Crippen LogP contribution in [0, 0.1) is 6.92 Å². The van der Waals surface area contributed by atoms with Crippen LogP contribution in [0.4, 0.5) is 0 Å². The van der Waals surface area contributed by atoms with Gasteiger partial charge in [-0.15, -0.1) is 0 Å². The lowest BCUT2D eigenvalue weighted by Gasteiger charge is -2.22. The van der Waals surface area contributed by atoms with Gasteiger partial charge in [-0.05, 0) is 19.8 Å². The highest BCUT2D eigenvalue weighted by Gasteiger charge is 2.31. The Morgan fingerprint density at radius 1 is 1.24 bits per heavy atom. The summed E-state index contributed by atoms with van der Waals surface area (Å²) >= 11 is 0. The zero-order valence-corrected chi connectivity index (χ0v) is 17.4. The van der Waals surface area contributed by atoms with E-state index >= 15 is 0 Å². The maximum Gasteiger partial charge on any atom is 0.231 e. The van der Waals surface area contributed by atoms with Crippen LogP contribution in [0.1, 0.15) is 75.3 Å². The average molecular weight is 398 g/mol. The largest absolute Gasteiger partial charge is 0.338 e. The lowest BCUT2D eigenvalue weighted by atomic mass is 9.95. The molecule has 2 N–H and O–H groups in total. The molecule has 0 aliphatic carbocycles. The predicted molar refractivity (Wildman–Crippen MR) is 105 cm³/mol. The van der Waals surface area contributed by atoms with Crippen LogP contribution in [0.5, 0.6) is 0 Å². The zero-order valence-electron chi connectivity index (χ0n) is 17.4. The molecule has 3 aromatic heterocycles. The Labute approximate surface area is 168 Å². The molecule has 1 fully saturated rings. The van der Waals surface area contributed by atoms with E-state index < -0.39 is 0 Å². The van der Waals surface area contributed by atoms with Crippen molar-refractivity contribution in [2.24, 2.45) is 0 Å². The number of nitrogens with zero attached hydrogens (tertiary/aromatic N) is 6. The van der Waals surface area contributed by atoms with Crippen molar-refractivity contribution in [1.82, 2.24) is 40.7 Å². The summed E-state index contributed by atoms with van der Waals surface area (Å²) in [5, 5.41) is 9.80. The van der Waals surface area contributed by atoms with Crippen LogP contribution in [0.25, 0.3) is 11.2 Å². The first-order valence-corrected chi connectivity index (χ1v) is 9.81. The first-order valence-electron chi connectivity index (χ1n) is 9.81. The second kappa shape index (κ2) is 7.18. The van der Waals surface area contributed by atoms with Gasteiger partial charge >= 0.3 is 0 Å². The third kappa shape index (κ3) is 3.84. The van der Waals surface area contributed by atoms with Crippen molar-refractivity contribution >= 4 is 17.1 Å². The van der Waals surface area contributed by atoms with Gasteiger partial charge in [-0.1, -0.05) is 31.1 Å². The molecule has 0 radical (unpaired) electrons. The van der Waals surface area contributed by atoms with Crippen LogP contribution in [0.2, 0.25) is 0 Å². The lowest BCUT2D eigenvalue weighted by Crippen LogP contribution is -2.40. The molecule has 1 atom stereocenters. The van der Waals surface area contributed by atoms with Crippen LogP contribution in [-0.4, -0.2) is 47.7 Å². The molecule has 4 heterocycles. The number of aromatic amines is 1. The van der Waals surface area contributed by atoms with Gasteiger partial charge in [0.05, 0.1) is 11.7 Å². The summed E-state index contributed by atoms with van der Waals surface area (Å²) in [6.45, 7) is 10.4. The molecule has 4 rings (SSSR count). The minimum absolute atomic E-state index is 0.0190. The Bertz CT molecular complexity index is 1050. The fourth-order valence-electron chi connectivity index (χ4n) is 3.55. The SMILES string of the molecule is CC(=O)NN1CCC[C@H]1c1nc2nc(C(C)(C)C)nc(Cc3nonc3C)c2[nH]1. The average Bonchev–Trinajstić information content (AvgIpc) is 3.33. The van der Waals surface area contributed by atoms with Crippen molar-refractivity contribution < 1.29 is 9.42 Å². The molecule has 1 aliphatic heterocycles. The minimum Gasteiger partial charge on any atom is -0.338 e. The maximum atomic E-state index is 11.5. The van der Waals surface area contributed by atoms with Crippen LogP contribution >= 0.6 is 0 Å². The van der Waals surface area contributed by atoms with Crippen LogP contribution in [-0.2, 0) is 16.6 Å². The highest BCUT2D eigenvalue weighted by molar-refractivity contribution is 5.74. The van der Waals surface area contributed by atoms with E-state index in [1.165, 1.54) is 6.92 Å². The predicted octanol–water partition coefficient (Wildman–Crippen LogP) is 2.12. The van der Waals surface area contributed by atoms with Gasteiger partial charge in [0, 0.05) is 25.3 Å². The van der Waals surface area contributed by atoms with E-state index in [4.69, 9.17) is 19.6 Å². The van der Waals surface area contributed by atoms with Crippen LogP contribution < -0.4 is 5.43 Å². The number of aryl methyl sites for hydroxylation is 1. The molecule has 10 nitrogen and oxygen atoms in total. The molecule has 0 saturated carbocycles. The molecule has 0 bridgehead atoms. The number of hydrogen-bond donors (Lipinski definition) is 2. The number of aromatic nitrogens is 6. The number of carbonyl (C=O) groups is 1. The summed E-state index contributed by atoms with van der Waals surface area (Å²) in [5.41, 5.74) is 6.36. The molecule has 1 aliphatic rings. The van der Waals surface area contributed by atoms with Crippen LogP contribution in [0.3, 0.4) is 0 Å². The first-order chi connectivity index (χ1) is 13.7. The Hall–Kier alpha value is -2.88. The van der Waals surface area contributed by atoms with Gasteiger partial charge in [0.15, 0.2) is 5.65 Å². The van der Waals surface area contributed by atoms with Gasteiger partial charge in [0.25, 0.3) is 0 Å². The standard InChI is InChI=1S/C19H26N8O2/c1-10-12(26-29-25-10)9-13-15-17(23-18(20-13)19(3,4)5)22-16(21-15)14-7-6-8-27(14)24-11(2)28/h14H,6-9H2,1-5H3,(H,24,28)(H,20,21,22,23)/t14-/m0/s1. The number of hydrazine groups is 1. The number of amides is 1. The van der Waals surface area contributed by atoms with Crippen LogP contribution in [0.15, 0.2) is 4.63 Å². The summed E-state index contributed by atoms with van der Waals surface area (Å²) in [7, 11) is 0. The molecular weight excluding hydrogens is 372 g/mol. The molecule has 0 unspecified atom stereocenters. The van der Waals surface area contributed by atoms with Crippen molar-refractivity contribution in [2.45, 2.75) is 65.3 Å². The monoisotopic (exact) mass is 398 g/mol. The van der Waals surface area contributed by atoms with Gasteiger partial charge in [0.1, 0.15) is 28.6 Å². The number of nitrogens with one attached hydrogen (secondary N) is 2. The van der Waals surface area contributed by atoms with Crippen molar-refractivity contribution in [2.75, 3.05) is 6.54 Å². The Balaban J connectivity index is 1.79. The van der Waals surface area contributed by atoms with E-state index in [-0.39, 0.29) is 17.4 Å². The fraction of sp³-hybridized carbons (Fsp3) is 0.579. The summed E-state index contributed by atoms with van der Waals surface area (Å²) in [5.74, 6) is 1.41. The Morgan fingerprint density at radius 2 is 2.03 bits per heavy atom. The Morgan fingerprint density at radius 3 is 2.69 bits per heavy atom. The van der Waals surface area contributed by atoms with E-state index in [9.17, 15) is 4.79 Å². The topological polar surface area (TPSA) is 126 Å². The zero-order chi connectivity index (χ0) is 20.8. The normalized spacial score (nSPS) is 17.9. The number of carbonyl (C=O) groups excluding carboxylic acids is 1. The second-order valence-corrected chi connectivity index (χ2v) is 8.56. The van der Waals surface area contributed by atoms with E-state index in [2.05, 4.69) is 41.5 Å². The number of fused-ring (bicyclic) bond motifs is 1. The molecule has 154 valence electrons. The molecule has 1 amide bonds. The second-order valence-electron chi connectivity index (χ2n) is 8.56. The number of imidazole rings is 1. The summed E-state index contributed by atoms with van der Waals surface area (Å²) in [6.07, 6.45) is 2.36. The summed E-state index contributed by atoms with van der Waals surface area (Å²) < 4.78 is 4.85. The third-order valence-electron chi connectivity index (χ3n) is 5.07. The minimum atomic E-state index is -0.227. The highest BCUT2D eigenvalue weighted by Crippen LogP contribution is 2.31. The van der Waals surface area contributed by atoms with Gasteiger partial charge in [-0.2, -0.15) is 0 Å². The van der Waals surface area contributed by atoms with Crippen molar-refractivity contribution in [3.63, 3.8) is 0 Å². The molecular formula is C19H26N8O2. The molecule has 1 saturated heterocycles. The number of rotatable bonds is 4. The van der Waals surface area contributed by atoms with Crippen molar-refractivity contribution in [1.29, 1.82) is 0 Å². The number of hydrogen-bond acceptors (Lipinski definition) is 8. The van der Waals surface area contributed by atoms with E-state index in [1.54, 1.807) is 0 Å². The third-order valence-corrected chi connectivity index (χ3v) is 5.07. The summed E-state index contributed by atoms with van der Waals surface area (Å²) in [6, 6.07) is -0.0190. The molecule has 0 spiro atoms. The molecule has 10 heteroatoms. The molecule has 29 heavy (non-hydrogen) atoms. The highest BCUT2D eigenvalue weighted by atomic mass is 16.6. The van der Waals surface area contributed by atoms with E-state index in [1.807, 2.05) is 11.9 Å².